The molecule has 2 N–H and O–H groups in total. The van der Waals surface area contributed by atoms with E-state index in [4.69, 9.17) is 4.74 Å². The van der Waals surface area contributed by atoms with Gasteiger partial charge in [-0.05, 0) is 61.6 Å². The van der Waals surface area contributed by atoms with Crippen LogP contribution < -0.4 is 15.4 Å². The number of carbonyl (C=O) groups is 2. The molecule has 2 aromatic carbocycles. The van der Waals surface area contributed by atoms with Crippen molar-refractivity contribution >= 4 is 17.6 Å². The van der Waals surface area contributed by atoms with Crippen LogP contribution in [0.5, 0.6) is 5.75 Å². The normalized spacial score (nSPS) is 17.1. The standard InChI is InChI=1S/C25H31FN4O3/c1-33-21-7-4-18(5-8-21)17-29-14-10-20(11-15-29)27-24(31)22-16-19(26)6-9-23(22)28-25(32)30-12-2-3-13-30/h4-9,16,20H,2-3,10-15,17H2,1H3,(H,27,31)(H,28,32). The molecule has 2 saturated heterocycles. The predicted octanol–water partition coefficient (Wildman–Crippen LogP) is 3.86. The highest BCUT2D eigenvalue weighted by atomic mass is 19.1. The Kier molecular flexibility index (Phi) is 7.44. The predicted molar refractivity (Wildman–Crippen MR) is 125 cm³/mol. The number of piperidine rings is 1. The van der Waals surface area contributed by atoms with Gasteiger partial charge in [0.25, 0.3) is 5.91 Å². The molecule has 176 valence electrons. The Balaban J connectivity index is 1.32. The minimum absolute atomic E-state index is 0.00928. The van der Waals surface area contributed by atoms with Crippen LogP contribution in [0, 0.1) is 5.82 Å². The molecule has 0 radical (unpaired) electrons. The molecule has 8 heteroatoms. The van der Waals surface area contributed by atoms with E-state index in [1.54, 1.807) is 12.0 Å². The molecule has 0 unspecified atom stereocenters. The largest absolute Gasteiger partial charge is 0.497 e. The van der Waals surface area contributed by atoms with Crippen molar-refractivity contribution in [2.24, 2.45) is 0 Å². The summed E-state index contributed by atoms with van der Waals surface area (Å²) in [6.45, 7) is 3.96. The SMILES string of the molecule is COc1ccc(CN2CCC(NC(=O)c3cc(F)ccc3NC(=O)N3CCCC3)CC2)cc1. The third-order valence-corrected chi connectivity index (χ3v) is 6.35. The number of likely N-dealkylation sites (tertiary alicyclic amines) is 2. The molecule has 33 heavy (non-hydrogen) atoms. The van der Waals surface area contributed by atoms with Crippen LogP contribution in [0.25, 0.3) is 0 Å². The van der Waals surface area contributed by atoms with Gasteiger partial charge in [0.15, 0.2) is 0 Å². The van der Waals surface area contributed by atoms with E-state index < -0.39 is 5.82 Å². The molecule has 2 aliphatic heterocycles. The second-order valence-corrected chi connectivity index (χ2v) is 8.69. The number of halogens is 1. The van der Waals surface area contributed by atoms with Crippen molar-refractivity contribution in [3.63, 3.8) is 0 Å². The van der Waals surface area contributed by atoms with Crippen molar-refractivity contribution in [3.05, 3.63) is 59.4 Å². The number of rotatable bonds is 6. The third kappa shape index (κ3) is 6.01. The molecule has 3 amide bonds. The number of urea groups is 1. The highest BCUT2D eigenvalue weighted by molar-refractivity contribution is 6.03. The third-order valence-electron chi connectivity index (χ3n) is 6.35. The van der Waals surface area contributed by atoms with Crippen LogP contribution in [0.15, 0.2) is 42.5 Å². The van der Waals surface area contributed by atoms with Crippen molar-refractivity contribution in [3.8, 4) is 5.75 Å². The average Bonchev–Trinajstić information content (AvgIpc) is 3.37. The lowest BCUT2D eigenvalue weighted by atomic mass is 10.0. The molecule has 0 atom stereocenters. The van der Waals surface area contributed by atoms with Gasteiger partial charge in [-0.2, -0.15) is 0 Å². The number of hydrogen-bond donors (Lipinski definition) is 2. The maximum atomic E-state index is 13.9. The lowest BCUT2D eigenvalue weighted by Gasteiger charge is -2.32. The van der Waals surface area contributed by atoms with Gasteiger partial charge >= 0.3 is 6.03 Å². The summed E-state index contributed by atoms with van der Waals surface area (Å²) in [6.07, 6.45) is 3.57. The van der Waals surface area contributed by atoms with Crippen LogP contribution in [-0.4, -0.2) is 61.1 Å². The van der Waals surface area contributed by atoms with E-state index in [1.165, 1.54) is 23.8 Å². The number of ether oxygens (including phenoxy) is 1. The first-order valence-electron chi connectivity index (χ1n) is 11.5. The molecule has 0 bridgehead atoms. The maximum absolute atomic E-state index is 13.9. The zero-order chi connectivity index (χ0) is 23.2. The summed E-state index contributed by atoms with van der Waals surface area (Å²) in [6, 6.07) is 11.7. The Morgan fingerprint density at radius 3 is 2.39 bits per heavy atom. The number of nitrogens with one attached hydrogen (secondary N) is 2. The molecular formula is C25H31FN4O3. The fourth-order valence-electron chi connectivity index (χ4n) is 4.42. The number of methoxy groups -OCH3 is 1. The first-order chi connectivity index (χ1) is 16.0. The van der Waals surface area contributed by atoms with E-state index in [9.17, 15) is 14.0 Å². The van der Waals surface area contributed by atoms with Crippen molar-refractivity contribution < 1.29 is 18.7 Å². The summed E-state index contributed by atoms with van der Waals surface area (Å²) in [7, 11) is 1.66. The lowest BCUT2D eigenvalue weighted by Crippen LogP contribution is -2.44. The quantitative estimate of drug-likeness (QED) is 0.695. The van der Waals surface area contributed by atoms with E-state index in [0.717, 1.165) is 51.1 Å². The number of hydrogen-bond acceptors (Lipinski definition) is 4. The smallest absolute Gasteiger partial charge is 0.321 e. The Labute approximate surface area is 193 Å². The van der Waals surface area contributed by atoms with Crippen LogP contribution in [0.3, 0.4) is 0 Å². The van der Waals surface area contributed by atoms with Crippen LogP contribution in [0.2, 0.25) is 0 Å². The van der Waals surface area contributed by atoms with Crippen LogP contribution in [0.4, 0.5) is 14.9 Å². The summed E-state index contributed by atoms with van der Waals surface area (Å²) >= 11 is 0. The van der Waals surface area contributed by atoms with Gasteiger partial charge in [0, 0.05) is 38.8 Å². The molecular weight excluding hydrogens is 423 g/mol. The van der Waals surface area contributed by atoms with Crippen molar-refractivity contribution in [2.45, 2.75) is 38.3 Å². The molecule has 2 aliphatic rings. The lowest BCUT2D eigenvalue weighted by molar-refractivity contribution is 0.0909. The van der Waals surface area contributed by atoms with Gasteiger partial charge in [0.05, 0.1) is 18.4 Å². The van der Waals surface area contributed by atoms with Gasteiger partial charge in [-0.1, -0.05) is 12.1 Å². The number of carbonyl (C=O) groups excluding carboxylic acids is 2. The number of anilines is 1. The van der Waals surface area contributed by atoms with E-state index in [-0.39, 0.29) is 23.5 Å². The molecule has 4 rings (SSSR count). The van der Waals surface area contributed by atoms with Gasteiger partial charge < -0.3 is 20.3 Å². The molecule has 0 spiro atoms. The first-order valence-corrected chi connectivity index (χ1v) is 11.5. The van der Waals surface area contributed by atoms with Gasteiger partial charge in [-0.15, -0.1) is 0 Å². The fourth-order valence-corrected chi connectivity index (χ4v) is 4.42. The van der Waals surface area contributed by atoms with Crippen LogP contribution in [0.1, 0.15) is 41.6 Å². The van der Waals surface area contributed by atoms with Crippen LogP contribution >= 0.6 is 0 Å². The van der Waals surface area contributed by atoms with Crippen LogP contribution in [-0.2, 0) is 6.54 Å². The molecule has 0 aliphatic carbocycles. The summed E-state index contributed by atoms with van der Waals surface area (Å²) in [4.78, 5) is 29.5. The Bertz CT molecular complexity index is 968. The first kappa shape index (κ1) is 23.0. The molecule has 2 fully saturated rings. The zero-order valence-electron chi connectivity index (χ0n) is 19.0. The number of nitrogens with zero attached hydrogens (tertiary/aromatic N) is 2. The Morgan fingerprint density at radius 2 is 1.73 bits per heavy atom. The van der Waals surface area contributed by atoms with Crippen molar-refractivity contribution in [2.75, 3.05) is 38.6 Å². The second kappa shape index (κ2) is 10.7. The van der Waals surface area contributed by atoms with E-state index in [1.807, 2.05) is 12.1 Å². The average molecular weight is 455 g/mol. The number of amides is 3. The number of benzene rings is 2. The second-order valence-electron chi connectivity index (χ2n) is 8.69. The minimum atomic E-state index is -0.506. The van der Waals surface area contributed by atoms with Gasteiger partial charge in [-0.25, -0.2) is 9.18 Å². The van der Waals surface area contributed by atoms with E-state index in [0.29, 0.717) is 18.8 Å². The fraction of sp³-hybridized carbons (Fsp3) is 0.440. The highest BCUT2D eigenvalue weighted by Gasteiger charge is 2.24. The zero-order valence-corrected chi connectivity index (χ0v) is 19.0. The molecule has 2 aromatic rings. The Hall–Kier alpha value is -3.13. The van der Waals surface area contributed by atoms with Gasteiger partial charge in [0.2, 0.25) is 0 Å². The molecule has 2 heterocycles. The molecule has 7 nitrogen and oxygen atoms in total. The summed E-state index contributed by atoms with van der Waals surface area (Å²) < 4.78 is 19.1. The maximum Gasteiger partial charge on any atom is 0.321 e. The highest BCUT2D eigenvalue weighted by Crippen LogP contribution is 2.21. The van der Waals surface area contributed by atoms with Crippen molar-refractivity contribution in [1.82, 2.24) is 15.1 Å². The summed E-state index contributed by atoms with van der Waals surface area (Å²) in [5, 5.41) is 5.81. The van der Waals surface area contributed by atoms with E-state index in [2.05, 4.69) is 27.7 Å². The van der Waals surface area contributed by atoms with E-state index >= 15 is 0 Å². The van der Waals surface area contributed by atoms with Gasteiger partial charge in [-0.3, -0.25) is 9.69 Å². The topological polar surface area (TPSA) is 73.9 Å². The van der Waals surface area contributed by atoms with Crippen molar-refractivity contribution in [1.29, 1.82) is 0 Å². The monoisotopic (exact) mass is 454 g/mol. The minimum Gasteiger partial charge on any atom is -0.497 e. The summed E-state index contributed by atoms with van der Waals surface area (Å²) in [5.41, 5.74) is 1.71. The molecule has 0 aromatic heterocycles. The Morgan fingerprint density at radius 1 is 1.03 bits per heavy atom. The molecule has 0 saturated carbocycles. The van der Waals surface area contributed by atoms with Gasteiger partial charge in [0.1, 0.15) is 11.6 Å². The summed E-state index contributed by atoms with van der Waals surface area (Å²) in [5.74, 6) is -0.0260.